The average molecular weight is 309 g/mol. The van der Waals surface area contributed by atoms with Gasteiger partial charge in [-0.25, -0.2) is 4.98 Å². The van der Waals surface area contributed by atoms with Gasteiger partial charge in [-0.3, -0.25) is 4.79 Å². The number of benzene rings is 1. The first-order chi connectivity index (χ1) is 11.2. The Bertz CT molecular complexity index is 738. The highest BCUT2D eigenvalue weighted by molar-refractivity contribution is 5.84. The van der Waals surface area contributed by atoms with E-state index in [2.05, 4.69) is 41.0 Å². The SMILES string of the molecule is Cc1cc(N2CCCN(C(=O)C3CC3)CC2)nc2ccccc12. The number of nitrogens with zero attached hydrogens (tertiary/aromatic N) is 3. The van der Waals surface area contributed by atoms with Crippen LogP contribution in [0.5, 0.6) is 0 Å². The van der Waals surface area contributed by atoms with E-state index in [1.165, 1.54) is 10.9 Å². The lowest BCUT2D eigenvalue weighted by Crippen LogP contribution is -2.36. The van der Waals surface area contributed by atoms with Gasteiger partial charge in [-0.2, -0.15) is 0 Å². The molecule has 2 aliphatic rings. The van der Waals surface area contributed by atoms with Crippen molar-refractivity contribution in [2.24, 2.45) is 5.92 Å². The number of amides is 1. The minimum atomic E-state index is 0.322. The Hall–Kier alpha value is -2.10. The molecule has 1 saturated heterocycles. The van der Waals surface area contributed by atoms with Gasteiger partial charge in [0.2, 0.25) is 5.91 Å². The molecule has 1 aromatic heterocycles. The van der Waals surface area contributed by atoms with E-state index < -0.39 is 0 Å². The van der Waals surface area contributed by atoms with Crippen molar-refractivity contribution in [1.82, 2.24) is 9.88 Å². The largest absolute Gasteiger partial charge is 0.355 e. The third-order valence-corrected chi connectivity index (χ3v) is 4.97. The van der Waals surface area contributed by atoms with E-state index >= 15 is 0 Å². The van der Waals surface area contributed by atoms with Crippen LogP contribution in [-0.2, 0) is 4.79 Å². The number of hydrogen-bond acceptors (Lipinski definition) is 3. The Morgan fingerprint density at radius 1 is 1.13 bits per heavy atom. The summed E-state index contributed by atoms with van der Waals surface area (Å²) in [5.41, 5.74) is 2.32. The molecular weight excluding hydrogens is 286 g/mol. The first-order valence-electron chi connectivity index (χ1n) is 8.62. The van der Waals surface area contributed by atoms with Crippen molar-refractivity contribution in [1.29, 1.82) is 0 Å². The summed E-state index contributed by atoms with van der Waals surface area (Å²) in [6.45, 7) is 5.71. The van der Waals surface area contributed by atoms with Gasteiger partial charge in [-0.1, -0.05) is 18.2 Å². The number of rotatable bonds is 2. The molecule has 2 heterocycles. The molecule has 4 rings (SSSR count). The van der Waals surface area contributed by atoms with Crippen LogP contribution in [0, 0.1) is 12.8 Å². The standard InChI is InChI=1S/C19H23N3O/c1-14-13-18(20-17-6-3-2-5-16(14)17)21-9-4-10-22(12-11-21)19(23)15-7-8-15/h2-3,5-6,13,15H,4,7-12H2,1H3. The zero-order valence-electron chi connectivity index (χ0n) is 13.7. The van der Waals surface area contributed by atoms with Gasteiger partial charge >= 0.3 is 0 Å². The summed E-state index contributed by atoms with van der Waals surface area (Å²) < 4.78 is 0. The van der Waals surface area contributed by atoms with Crippen LogP contribution in [0.1, 0.15) is 24.8 Å². The number of para-hydroxylation sites is 1. The molecule has 0 atom stereocenters. The van der Waals surface area contributed by atoms with E-state index in [1.807, 2.05) is 6.07 Å². The molecular formula is C19H23N3O. The fourth-order valence-electron chi connectivity index (χ4n) is 3.45. The molecule has 1 aliphatic heterocycles. The topological polar surface area (TPSA) is 36.4 Å². The number of hydrogen-bond donors (Lipinski definition) is 0. The molecule has 4 nitrogen and oxygen atoms in total. The summed E-state index contributed by atoms with van der Waals surface area (Å²) in [6.07, 6.45) is 3.20. The van der Waals surface area contributed by atoms with Crippen LogP contribution >= 0.6 is 0 Å². The Labute approximate surface area is 137 Å². The van der Waals surface area contributed by atoms with Gasteiger partial charge in [-0.15, -0.1) is 0 Å². The zero-order chi connectivity index (χ0) is 15.8. The molecule has 0 spiro atoms. The maximum atomic E-state index is 12.3. The molecule has 0 bridgehead atoms. The van der Waals surface area contributed by atoms with Crippen LogP contribution in [0.3, 0.4) is 0 Å². The fourth-order valence-corrected chi connectivity index (χ4v) is 3.45. The van der Waals surface area contributed by atoms with E-state index in [0.717, 1.165) is 56.8 Å². The third kappa shape index (κ3) is 2.90. The Morgan fingerprint density at radius 3 is 2.78 bits per heavy atom. The lowest BCUT2D eigenvalue weighted by molar-refractivity contribution is -0.132. The summed E-state index contributed by atoms with van der Waals surface area (Å²) >= 11 is 0. The van der Waals surface area contributed by atoms with Gasteiger partial charge in [0.15, 0.2) is 0 Å². The molecule has 1 aromatic carbocycles. The first kappa shape index (κ1) is 14.5. The Morgan fingerprint density at radius 2 is 1.96 bits per heavy atom. The van der Waals surface area contributed by atoms with Gasteiger partial charge in [-0.05, 0) is 43.9 Å². The molecule has 1 aliphatic carbocycles. The van der Waals surface area contributed by atoms with E-state index in [9.17, 15) is 4.79 Å². The molecule has 120 valence electrons. The Balaban J connectivity index is 1.55. The molecule has 2 aromatic rings. The van der Waals surface area contributed by atoms with Crippen molar-refractivity contribution in [3.63, 3.8) is 0 Å². The summed E-state index contributed by atoms with van der Waals surface area (Å²) in [4.78, 5) is 21.5. The van der Waals surface area contributed by atoms with Crippen molar-refractivity contribution in [2.75, 3.05) is 31.1 Å². The third-order valence-electron chi connectivity index (χ3n) is 4.97. The number of anilines is 1. The molecule has 0 N–H and O–H groups in total. The zero-order valence-corrected chi connectivity index (χ0v) is 13.7. The second kappa shape index (κ2) is 5.84. The van der Waals surface area contributed by atoms with Crippen LogP contribution in [0.15, 0.2) is 30.3 Å². The van der Waals surface area contributed by atoms with E-state index in [-0.39, 0.29) is 0 Å². The summed E-state index contributed by atoms with van der Waals surface area (Å²) in [5.74, 6) is 1.74. The smallest absolute Gasteiger partial charge is 0.225 e. The lowest BCUT2D eigenvalue weighted by atomic mass is 10.1. The minimum Gasteiger partial charge on any atom is -0.355 e. The summed E-state index contributed by atoms with van der Waals surface area (Å²) in [7, 11) is 0. The highest BCUT2D eigenvalue weighted by atomic mass is 16.2. The average Bonchev–Trinajstić information content (AvgIpc) is 3.41. The fraction of sp³-hybridized carbons (Fsp3) is 0.474. The quantitative estimate of drug-likeness (QED) is 0.855. The second-order valence-electron chi connectivity index (χ2n) is 6.75. The first-order valence-corrected chi connectivity index (χ1v) is 8.62. The molecule has 0 unspecified atom stereocenters. The molecule has 2 fully saturated rings. The highest BCUT2D eigenvalue weighted by Crippen LogP contribution is 2.31. The minimum absolute atomic E-state index is 0.322. The van der Waals surface area contributed by atoms with Crippen molar-refractivity contribution in [3.8, 4) is 0 Å². The van der Waals surface area contributed by atoms with E-state index in [1.54, 1.807) is 0 Å². The van der Waals surface area contributed by atoms with E-state index in [4.69, 9.17) is 4.98 Å². The molecule has 4 heteroatoms. The molecule has 0 radical (unpaired) electrons. The second-order valence-corrected chi connectivity index (χ2v) is 6.75. The van der Waals surface area contributed by atoms with Crippen LogP contribution < -0.4 is 4.90 Å². The van der Waals surface area contributed by atoms with Gasteiger partial charge in [0, 0.05) is 37.5 Å². The molecule has 23 heavy (non-hydrogen) atoms. The maximum Gasteiger partial charge on any atom is 0.225 e. The Kier molecular flexibility index (Phi) is 3.68. The van der Waals surface area contributed by atoms with Crippen molar-refractivity contribution < 1.29 is 4.79 Å². The van der Waals surface area contributed by atoms with Crippen molar-refractivity contribution in [3.05, 3.63) is 35.9 Å². The number of carbonyl (C=O) groups is 1. The summed E-state index contributed by atoms with van der Waals surface area (Å²) in [5, 5.41) is 1.22. The number of aryl methyl sites for hydroxylation is 1. The lowest BCUT2D eigenvalue weighted by Gasteiger charge is -2.23. The van der Waals surface area contributed by atoms with Crippen LogP contribution in [-0.4, -0.2) is 42.0 Å². The van der Waals surface area contributed by atoms with Crippen LogP contribution in [0.2, 0.25) is 0 Å². The molecule has 1 amide bonds. The number of carbonyl (C=O) groups excluding carboxylic acids is 1. The van der Waals surface area contributed by atoms with Gasteiger partial charge in [0.05, 0.1) is 5.52 Å². The van der Waals surface area contributed by atoms with Crippen LogP contribution in [0.4, 0.5) is 5.82 Å². The predicted molar refractivity (Wildman–Crippen MR) is 92.6 cm³/mol. The van der Waals surface area contributed by atoms with Gasteiger partial charge in [0.1, 0.15) is 5.82 Å². The van der Waals surface area contributed by atoms with Crippen molar-refractivity contribution in [2.45, 2.75) is 26.2 Å². The van der Waals surface area contributed by atoms with Gasteiger partial charge in [0.25, 0.3) is 0 Å². The van der Waals surface area contributed by atoms with E-state index in [0.29, 0.717) is 11.8 Å². The van der Waals surface area contributed by atoms with Crippen LogP contribution in [0.25, 0.3) is 10.9 Å². The van der Waals surface area contributed by atoms with Gasteiger partial charge < -0.3 is 9.80 Å². The normalized spacial score (nSPS) is 19.0. The molecule has 1 saturated carbocycles. The number of fused-ring (bicyclic) bond motifs is 1. The predicted octanol–water partition coefficient (Wildman–Crippen LogP) is 2.99. The highest BCUT2D eigenvalue weighted by Gasteiger charge is 2.34. The van der Waals surface area contributed by atoms with Crippen molar-refractivity contribution >= 4 is 22.6 Å². The number of pyridine rings is 1. The maximum absolute atomic E-state index is 12.3. The summed E-state index contributed by atoms with van der Waals surface area (Å²) in [6, 6.07) is 10.5. The monoisotopic (exact) mass is 309 g/mol. The number of aromatic nitrogens is 1.